The third-order valence-electron chi connectivity index (χ3n) is 2.66. The molecule has 1 aliphatic heterocycles. The van der Waals surface area contributed by atoms with Gasteiger partial charge in [-0.25, -0.2) is 9.97 Å². The Morgan fingerprint density at radius 2 is 2.06 bits per heavy atom. The molecule has 2 rings (SSSR count). The summed E-state index contributed by atoms with van der Waals surface area (Å²) in [7, 11) is 0. The van der Waals surface area contributed by atoms with Gasteiger partial charge in [0.15, 0.2) is 0 Å². The summed E-state index contributed by atoms with van der Waals surface area (Å²) in [5.74, 6) is 2.81. The van der Waals surface area contributed by atoms with Crippen LogP contribution in [0.3, 0.4) is 0 Å². The lowest BCUT2D eigenvalue weighted by atomic mass is 10.4. The maximum Gasteiger partial charge on any atom is 0.305 e. The molecular weight excluding hydrogens is 254 g/mol. The highest BCUT2D eigenvalue weighted by Gasteiger charge is 2.10. The number of nitro groups is 1. The third-order valence-corrected chi connectivity index (χ3v) is 3.61. The van der Waals surface area contributed by atoms with Gasteiger partial charge in [-0.2, -0.15) is 11.8 Å². The summed E-state index contributed by atoms with van der Waals surface area (Å²) in [6.07, 6.45) is 2.43. The van der Waals surface area contributed by atoms with Crippen LogP contribution in [0.5, 0.6) is 0 Å². The van der Waals surface area contributed by atoms with Crippen LogP contribution >= 0.6 is 11.8 Å². The molecule has 0 atom stereocenters. The van der Waals surface area contributed by atoms with Crippen molar-refractivity contribution in [2.75, 3.05) is 43.0 Å². The van der Waals surface area contributed by atoms with Gasteiger partial charge in [0, 0.05) is 37.7 Å². The van der Waals surface area contributed by atoms with Crippen molar-refractivity contribution in [3.63, 3.8) is 0 Å². The van der Waals surface area contributed by atoms with Crippen molar-refractivity contribution in [2.45, 2.75) is 0 Å². The second-order valence-electron chi connectivity index (χ2n) is 3.90. The van der Waals surface area contributed by atoms with Gasteiger partial charge in [-0.05, 0) is 0 Å². The van der Waals surface area contributed by atoms with Gasteiger partial charge in [-0.1, -0.05) is 0 Å². The molecule has 0 spiro atoms. The Kier molecular flexibility index (Phi) is 4.71. The maximum atomic E-state index is 10.4. The van der Waals surface area contributed by atoms with E-state index in [0.717, 1.165) is 26.2 Å². The average Bonchev–Trinajstić information content (AvgIpc) is 2.40. The molecule has 0 aliphatic carbocycles. The molecule has 1 N–H and O–H groups in total. The molecule has 8 heteroatoms. The Hall–Kier alpha value is -1.41. The monoisotopic (exact) mass is 269 g/mol. The lowest BCUT2D eigenvalue weighted by Gasteiger charge is -2.25. The first-order chi connectivity index (χ1) is 8.75. The largest absolute Gasteiger partial charge is 0.353 e. The highest BCUT2D eigenvalue weighted by molar-refractivity contribution is 7.99. The molecule has 1 aromatic heterocycles. The van der Waals surface area contributed by atoms with E-state index in [1.165, 1.54) is 23.9 Å². The highest BCUT2D eigenvalue weighted by Crippen LogP contribution is 2.09. The lowest BCUT2D eigenvalue weighted by molar-refractivity contribution is -0.385. The zero-order valence-electron chi connectivity index (χ0n) is 9.91. The van der Waals surface area contributed by atoms with Crippen LogP contribution in [-0.2, 0) is 0 Å². The molecule has 1 saturated heterocycles. The van der Waals surface area contributed by atoms with Crippen molar-refractivity contribution < 1.29 is 4.92 Å². The standard InChI is InChI=1S/C10H15N5O2S/c16-15(17)9-7-12-10(13-8-9)11-1-2-14-3-5-18-6-4-14/h7-8H,1-6H2,(H,11,12,13). The Morgan fingerprint density at radius 1 is 1.39 bits per heavy atom. The third kappa shape index (κ3) is 3.81. The van der Waals surface area contributed by atoms with Gasteiger partial charge >= 0.3 is 5.69 Å². The number of hydrogen-bond acceptors (Lipinski definition) is 7. The van der Waals surface area contributed by atoms with Crippen LogP contribution in [0.25, 0.3) is 0 Å². The average molecular weight is 269 g/mol. The van der Waals surface area contributed by atoms with E-state index in [1.807, 2.05) is 11.8 Å². The molecule has 1 fully saturated rings. The molecule has 98 valence electrons. The van der Waals surface area contributed by atoms with E-state index in [-0.39, 0.29) is 5.69 Å². The second-order valence-corrected chi connectivity index (χ2v) is 5.13. The molecule has 0 unspecified atom stereocenters. The van der Waals surface area contributed by atoms with Crippen LogP contribution in [0, 0.1) is 10.1 Å². The fraction of sp³-hybridized carbons (Fsp3) is 0.600. The predicted molar refractivity (Wildman–Crippen MR) is 70.9 cm³/mol. The van der Waals surface area contributed by atoms with Gasteiger partial charge in [-0.3, -0.25) is 15.0 Å². The van der Waals surface area contributed by atoms with Crippen LogP contribution in [0.15, 0.2) is 12.4 Å². The van der Waals surface area contributed by atoms with E-state index in [2.05, 4.69) is 20.2 Å². The van der Waals surface area contributed by atoms with Gasteiger partial charge in [0.1, 0.15) is 12.4 Å². The van der Waals surface area contributed by atoms with Gasteiger partial charge in [-0.15, -0.1) is 0 Å². The molecule has 0 aromatic carbocycles. The Labute approximate surface area is 109 Å². The quantitative estimate of drug-likeness (QED) is 0.626. The highest BCUT2D eigenvalue weighted by atomic mass is 32.2. The number of nitrogens with zero attached hydrogens (tertiary/aromatic N) is 4. The first-order valence-corrected chi connectivity index (χ1v) is 6.91. The zero-order valence-corrected chi connectivity index (χ0v) is 10.7. The molecular formula is C10H15N5O2S. The molecule has 0 amide bonds. The van der Waals surface area contributed by atoms with Crippen molar-refractivity contribution >= 4 is 23.4 Å². The van der Waals surface area contributed by atoms with E-state index in [9.17, 15) is 10.1 Å². The maximum absolute atomic E-state index is 10.4. The summed E-state index contributed by atoms with van der Waals surface area (Å²) < 4.78 is 0. The van der Waals surface area contributed by atoms with Crippen molar-refractivity contribution in [2.24, 2.45) is 0 Å². The van der Waals surface area contributed by atoms with E-state index < -0.39 is 4.92 Å². The number of nitrogens with one attached hydrogen (secondary N) is 1. The minimum absolute atomic E-state index is 0.0893. The fourth-order valence-electron chi connectivity index (χ4n) is 1.66. The SMILES string of the molecule is O=[N+]([O-])c1cnc(NCCN2CCSCC2)nc1. The summed E-state index contributed by atoms with van der Waals surface area (Å²) in [6.45, 7) is 3.93. The Morgan fingerprint density at radius 3 is 2.67 bits per heavy atom. The Balaban J connectivity index is 1.74. The van der Waals surface area contributed by atoms with Crippen LogP contribution in [0.2, 0.25) is 0 Å². The number of anilines is 1. The van der Waals surface area contributed by atoms with Gasteiger partial charge in [0.25, 0.3) is 0 Å². The van der Waals surface area contributed by atoms with E-state index >= 15 is 0 Å². The van der Waals surface area contributed by atoms with Crippen LogP contribution < -0.4 is 5.32 Å². The number of rotatable bonds is 5. The Bertz CT molecular complexity index is 394. The first kappa shape index (κ1) is 13.0. The van der Waals surface area contributed by atoms with Crippen molar-refractivity contribution in [3.05, 3.63) is 22.5 Å². The van der Waals surface area contributed by atoms with Gasteiger partial charge < -0.3 is 5.32 Å². The normalized spacial score (nSPS) is 16.4. The van der Waals surface area contributed by atoms with E-state index in [1.54, 1.807) is 0 Å². The molecule has 18 heavy (non-hydrogen) atoms. The van der Waals surface area contributed by atoms with Crippen LogP contribution in [-0.4, -0.2) is 57.5 Å². The van der Waals surface area contributed by atoms with Crippen molar-refractivity contribution in [1.82, 2.24) is 14.9 Å². The number of thioether (sulfide) groups is 1. The number of aromatic nitrogens is 2. The van der Waals surface area contributed by atoms with Crippen LogP contribution in [0.4, 0.5) is 11.6 Å². The second kappa shape index (κ2) is 6.50. The number of hydrogen-bond donors (Lipinski definition) is 1. The van der Waals surface area contributed by atoms with Crippen LogP contribution in [0.1, 0.15) is 0 Å². The van der Waals surface area contributed by atoms with Crippen molar-refractivity contribution in [1.29, 1.82) is 0 Å². The topological polar surface area (TPSA) is 84.2 Å². The van der Waals surface area contributed by atoms with Crippen molar-refractivity contribution in [3.8, 4) is 0 Å². The predicted octanol–water partition coefficient (Wildman–Crippen LogP) is 0.845. The molecule has 7 nitrogen and oxygen atoms in total. The minimum atomic E-state index is -0.505. The van der Waals surface area contributed by atoms with E-state index in [4.69, 9.17) is 0 Å². The summed E-state index contributed by atoms with van der Waals surface area (Å²) in [5, 5.41) is 13.5. The fourth-order valence-corrected chi connectivity index (χ4v) is 2.64. The molecule has 0 bridgehead atoms. The molecule has 1 aromatic rings. The summed E-state index contributed by atoms with van der Waals surface area (Å²) >= 11 is 1.98. The molecule has 2 heterocycles. The lowest BCUT2D eigenvalue weighted by Crippen LogP contribution is -2.36. The summed E-state index contributed by atoms with van der Waals surface area (Å²) in [5.41, 5.74) is -0.0893. The zero-order chi connectivity index (χ0) is 12.8. The van der Waals surface area contributed by atoms with Gasteiger partial charge in [0.05, 0.1) is 4.92 Å². The van der Waals surface area contributed by atoms with Gasteiger partial charge in [0.2, 0.25) is 5.95 Å². The minimum Gasteiger partial charge on any atom is -0.353 e. The summed E-state index contributed by atoms with van der Waals surface area (Å²) in [4.78, 5) is 20.1. The molecule has 0 saturated carbocycles. The molecule has 0 radical (unpaired) electrons. The smallest absolute Gasteiger partial charge is 0.305 e. The molecule has 1 aliphatic rings. The van der Waals surface area contributed by atoms with E-state index in [0.29, 0.717) is 5.95 Å². The summed E-state index contributed by atoms with van der Waals surface area (Å²) in [6, 6.07) is 0. The first-order valence-electron chi connectivity index (χ1n) is 5.76.